The maximum atomic E-state index is 2.37. The average molecular weight is 553 g/mol. The highest BCUT2D eigenvalue weighted by Crippen LogP contribution is 2.45. The van der Waals surface area contributed by atoms with Crippen LogP contribution in [0.3, 0.4) is 0 Å². The van der Waals surface area contributed by atoms with E-state index in [4.69, 9.17) is 0 Å². The number of benzene rings is 7. The normalized spacial score (nSPS) is 11.5. The van der Waals surface area contributed by atoms with Crippen molar-refractivity contribution in [1.82, 2.24) is 0 Å². The van der Waals surface area contributed by atoms with Gasteiger partial charge in [-0.25, -0.2) is 0 Å². The fraction of sp³-hybridized carbons (Fsp3) is 0.0244. The highest BCUT2D eigenvalue weighted by atomic mass is 32.1. The Balaban J connectivity index is 1.34. The molecule has 198 valence electrons. The third kappa shape index (κ3) is 4.22. The Morgan fingerprint density at radius 1 is 0.357 bits per heavy atom. The van der Waals surface area contributed by atoms with Gasteiger partial charge in [0.1, 0.15) is 0 Å². The maximum absolute atomic E-state index is 2.37. The Labute approximate surface area is 250 Å². The molecule has 0 bridgehead atoms. The average Bonchev–Trinajstić information content (AvgIpc) is 3.55. The maximum Gasteiger partial charge on any atom is 0.0349 e. The van der Waals surface area contributed by atoms with Gasteiger partial charge in [0.2, 0.25) is 0 Å². The quantitative estimate of drug-likeness (QED) is 0.190. The molecule has 0 aliphatic carbocycles. The van der Waals surface area contributed by atoms with Crippen LogP contribution in [0.2, 0.25) is 0 Å². The Bertz CT molecular complexity index is 2190. The van der Waals surface area contributed by atoms with E-state index in [9.17, 15) is 0 Å². The van der Waals surface area contributed by atoms with Crippen LogP contribution >= 0.6 is 11.3 Å². The first-order valence-corrected chi connectivity index (χ1v) is 15.2. The molecule has 0 saturated carbocycles. The zero-order chi connectivity index (χ0) is 28.0. The molecule has 1 heterocycles. The molecule has 0 fully saturated rings. The van der Waals surface area contributed by atoms with Crippen molar-refractivity contribution in [3.05, 3.63) is 157 Å². The molecule has 0 saturated heterocycles. The summed E-state index contributed by atoms with van der Waals surface area (Å²) >= 11 is 1.85. The van der Waals surface area contributed by atoms with Gasteiger partial charge in [-0.3, -0.25) is 0 Å². The molecule has 0 aliphatic rings. The van der Waals surface area contributed by atoms with Crippen molar-refractivity contribution in [2.24, 2.45) is 0 Å². The summed E-state index contributed by atoms with van der Waals surface area (Å²) in [5, 5.41) is 7.68. The van der Waals surface area contributed by atoms with Crippen LogP contribution in [-0.2, 0) is 0 Å². The SMILES string of the molecule is Cc1ccc2cc(-c3c4ccccc4c(-c4cccc(-c5ccc(-c6ccccc6)s5)c4)c4ccccc34)ccc2c1. The van der Waals surface area contributed by atoms with Gasteiger partial charge in [-0.1, -0.05) is 133 Å². The molecule has 42 heavy (non-hydrogen) atoms. The summed E-state index contributed by atoms with van der Waals surface area (Å²) in [6.45, 7) is 2.16. The second-order valence-corrected chi connectivity index (χ2v) is 12.1. The van der Waals surface area contributed by atoms with E-state index < -0.39 is 0 Å². The summed E-state index contributed by atoms with van der Waals surface area (Å²) in [5.74, 6) is 0. The zero-order valence-electron chi connectivity index (χ0n) is 23.3. The van der Waals surface area contributed by atoms with Crippen molar-refractivity contribution in [2.45, 2.75) is 6.92 Å². The van der Waals surface area contributed by atoms with Crippen LogP contribution in [0.15, 0.2) is 152 Å². The van der Waals surface area contributed by atoms with Gasteiger partial charge in [-0.15, -0.1) is 11.3 Å². The lowest BCUT2D eigenvalue weighted by molar-refractivity contribution is 1.51. The second kappa shape index (κ2) is 10.1. The fourth-order valence-corrected chi connectivity index (χ4v) is 7.36. The smallest absolute Gasteiger partial charge is 0.0349 e. The number of thiophene rings is 1. The summed E-state index contributed by atoms with van der Waals surface area (Å²) < 4.78 is 0. The van der Waals surface area contributed by atoms with Crippen LogP contribution in [0, 0.1) is 6.92 Å². The molecule has 0 radical (unpaired) electrons. The number of fused-ring (bicyclic) bond motifs is 3. The van der Waals surface area contributed by atoms with E-state index in [1.807, 2.05) is 11.3 Å². The minimum absolute atomic E-state index is 1.25. The van der Waals surface area contributed by atoms with Gasteiger partial charge >= 0.3 is 0 Å². The summed E-state index contributed by atoms with van der Waals surface area (Å²) in [7, 11) is 0. The lowest BCUT2D eigenvalue weighted by Crippen LogP contribution is -1.91. The summed E-state index contributed by atoms with van der Waals surface area (Å²) in [6, 6.07) is 55.7. The van der Waals surface area contributed by atoms with Gasteiger partial charge in [0.15, 0.2) is 0 Å². The molecule has 8 rings (SSSR count). The van der Waals surface area contributed by atoms with Crippen molar-refractivity contribution in [2.75, 3.05) is 0 Å². The molecule has 0 spiro atoms. The minimum atomic E-state index is 1.25. The van der Waals surface area contributed by atoms with E-state index in [2.05, 4.69) is 159 Å². The van der Waals surface area contributed by atoms with Crippen LogP contribution in [0.4, 0.5) is 0 Å². The standard InChI is InChI=1S/C41H28S/c1-27-18-19-30-25-33(21-20-29(30)24-27)41-36-16-7-5-14-34(36)40(35-15-6-8-17-37(35)41)32-13-9-12-31(26-32)39-23-22-38(42-39)28-10-3-2-4-11-28/h2-26H,1H3. The first kappa shape index (κ1) is 24.8. The van der Waals surface area contributed by atoms with Crippen molar-refractivity contribution >= 4 is 43.7 Å². The zero-order valence-corrected chi connectivity index (χ0v) is 24.2. The van der Waals surface area contributed by atoms with Crippen molar-refractivity contribution < 1.29 is 0 Å². The third-order valence-corrected chi connectivity index (χ3v) is 9.50. The molecule has 0 N–H and O–H groups in total. The summed E-state index contributed by atoms with van der Waals surface area (Å²) in [5.41, 5.74) is 8.90. The molecule has 1 aromatic heterocycles. The molecule has 0 aliphatic heterocycles. The van der Waals surface area contributed by atoms with Gasteiger partial charge in [-0.05, 0) is 96.9 Å². The molecule has 0 atom stereocenters. The first-order valence-electron chi connectivity index (χ1n) is 14.4. The van der Waals surface area contributed by atoms with E-state index in [0.717, 1.165) is 0 Å². The van der Waals surface area contributed by atoms with Crippen molar-refractivity contribution in [1.29, 1.82) is 0 Å². The number of hydrogen-bond donors (Lipinski definition) is 0. The number of hydrogen-bond acceptors (Lipinski definition) is 1. The third-order valence-electron chi connectivity index (χ3n) is 8.32. The van der Waals surface area contributed by atoms with E-state index >= 15 is 0 Å². The highest BCUT2D eigenvalue weighted by Gasteiger charge is 2.17. The minimum Gasteiger partial charge on any atom is -0.135 e. The van der Waals surface area contributed by atoms with Gasteiger partial charge in [0, 0.05) is 9.75 Å². The van der Waals surface area contributed by atoms with Crippen molar-refractivity contribution in [3.8, 4) is 43.1 Å². The van der Waals surface area contributed by atoms with E-state index in [-0.39, 0.29) is 0 Å². The molecule has 0 nitrogen and oxygen atoms in total. The monoisotopic (exact) mass is 552 g/mol. The highest BCUT2D eigenvalue weighted by molar-refractivity contribution is 7.18. The number of rotatable bonds is 4. The molecule has 0 amide bonds. The van der Waals surface area contributed by atoms with Crippen molar-refractivity contribution in [3.63, 3.8) is 0 Å². The van der Waals surface area contributed by atoms with Crippen LogP contribution < -0.4 is 0 Å². The van der Waals surface area contributed by atoms with E-state index in [1.54, 1.807) is 0 Å². The molecule has 0 unspecified atom stereocenters. The largest absolute Gasteiger partial charge is 0.135 e. The predicted molar refractivity (Wildman–Crippen MR) is 183 cm³/mol. The summed E-state index contributed by atoms with van der Waals surface area (Å²) in [4.78, 5) is 2.58. The number of aryl methyl sites for hydroxylation is 1. The molecular weight excluding hydrogens is 525 g/mol. The second-order valence-electron chi connectivity index (χ2n) is 11.0. The Morgan fingerprint density at radius 3 is 1.52 bits per heavy atom. The van der Waals surface area contributed by atoms with Gasteiger partial charge in [0.05, 0.1) is 0 Å². The molecule has 1 heteroatoms. The lowest BCUT2D eigenvalue weighted by atomic mass is 9.85. The Morgan fingerprint density at radius 2 is 0.857 bits per heavy atom. The first-order chi connectivity index (χ1) is 20.7. The molecular formula is C41H28S. The van der Waals surface area contributed by atoms with E-state index in [1.165, 1.54) is 81.0 Å². The lowest BCUT2D eigenvalue weighted by Gasteiger charge is -2.18. The van der Waals surface area contributed by atoms with Gasteiger partial charge in [-0.2, -0.15) is 0 Å². The van der Waals surface area contributed by atoms with Crippen LogP contribution in [0.5, 0.6) is 0 Å². The summed E-state index contributed by atoms with van der Waals surface area (Å²) in [6.07, 6.45) is 0. The topological polar surface area (TPSA) is 0 Å². The van der Waals surface area contributed by atoms with Crippen LogP contribution in [0.25, 0.3) is 75.5 Å². The molecule has 8 aromatic rings. The fourth-order valence-electron chi connectivity index (χ4n) is 6.35. The van der Waals surface area contributed by atoms with Crippen LogP contribution in [0.1, 0.15) is 5.56 Å². The van der Waals surface area contributed by atoms with E-state index in [0.29, 0.717) is 0 Å². The van der Waals surface area contributed by atoms with Gasteiger partial charge in [0.25, 0.3) is 0 Å². The molecule has 7 aromatic carbocycles. The van der Waals surface area contributed by atoms with Crippen LogP contribution in [-0.4, -0.2) is 0 Å². The predicted octanol–water partition coefficient (Wildman–Crippen LogP) is 12.2. The Hall–Kier alpha value is -4.98. The Kier molecular flexibility index (Phi) is 5.98. The van der Waals surface area contributed by atoms with Gasteiger partial charge < -0.3 is 0 Å².